The lowest BCUT2D eigenvalue weighted by atomic mass is 10.1. The molecule has 0 radical (unpaired) electrons. The van der Waals surface area contributed by atoms with Gasteiger partial charge in [0.1, 0.15) is 5.82 Å². The average molecular weight is 240 g/mol. The van der Waals surface area contributed by atoms with Crippen LogP contribution in [0.1, 0.15) is 24.8 Å². The van der Waals surface area contributed by atoms with E-state index in [1.807, 2.05) is 18.0 Å². The largest absolute Gasteiger partial charge is 0.396 e. The Balaban J connectivity index is 2.64. The molecule has 0 saturated heterocycles. The second-order valence-electron chi connectivity index (χ2n) is 4.16. The molecule has 1 aromatic rings. The van der Waals surface area contributed by atoms with E-state index in [1.54, 1.807) is 6.07 Å². The monoisotopic (exact) mass is 240 g/mol. The van der Waals surface area contributed by atoms with Crippen LogP contribution in [0, 0.1) is 5.82 Å². The number of unbranched alkanes of at least 4 members (excludes halogenated alkanes) is 2. The molecule has 0 aliphatic heterocycles. The van der Waals surface area contributed by atoms with Crippen molar-refractivity contribution in [3.05, 3.63) is 29.6 Å². The van der Waals surface area contributed by atoms with E-state index >= 15 is 0 Å². The Morgan fingerprint density at radius 1 is 1.29 bits per heavy atom. The number of hydrogen-bond donors (Lipinski definition) is 2. The Hall–Kier alpha value is -1.13. The summed E-state index contributed by atoms with van der Waals surface area (Å²) in [5.74, 6) is -0.224. The summed E-state index contributed by atoms with van der Waals surface area (Å²) in [6, 6.07) is 4.99. The highest BCUT2D eigenvalue weighted by atomic mass is 19.1. The molecule has 0 amide bonds. The molecule has 4 heteroatoms. The maximum atomic E-state index is 13.7. The summed E-state index contributed by atoms with van der Waals surface area (Å²) in [6.07, 6.45) is 2.69. The van der Waals surface area contributed by atoms with E-state index in [4.69, 9.17) is 10.8 Å². The van der Waals surface area contributed by atoms with Gasteiger partial charge in [0.2, 0.25) is 0 Å². The molecule has 0 spiro atoms. The Kier molecular flexibility index (Phi) is 5.94. The first kappa shape index (κ1) is 13.9. The summed E-state index contributed by atoms with van der Waals surface area (Å²) in [7, 11) is 1.87. The fourth-order valence-electron chi connectivity index (χ4n) is 1.90. The molecule has 3 N–H and O–H groups in total. The molecule has 17 heavy (non-hydrogen) atoms. The van der Waals surface area contributed by atoms with Gasteiger partial charge in [0.25, 0.3) is 0 Å². The van der Waals surface area contributed by atoms with Gasteiger partial charge in [0, 0.05) is 26.7 Å². The molecule has 0 aliphatic rings. The van der Waals surface area contributed by atoms with Crippen LogP contribution in [-0.2, 0) is 6.54 Å². The number of halogens is 1. The molecule has 0 fully saturated rings. The number of nitrogens with two attached hydrogens (primary N) is 1. The number of hydrogen-bond acceptors (Lipinski definition) is 3. The standard InChI is InChI=1S/C13H21FN2O/c1-16(8-3-2-4-9-17)13-11(10-15)6-5-7-12(13)14/h5-7,17H,2-4,8-10,15H2,1H3. The third-order valence-corrected chi connectivity index (χ3v) is 2.82. The summed E-state index contributed by atoms with van der Waals surface area (Å²) < 4.78 is 13.7. The van der Waals surface area contributed by atoms with Gasteiger partial charge in [0.15, 0.2) is 0 Å². The van der Waals surface area contributed by atoms with Crippen LogP contribution >= 0.6 is 0 Å². The molecule has 3 nitrogen and oxygen atoms in total. The molecule has 0 bridgehead atoms. The van der Waals surface area contributed by atoms with E-state index in [0.29, 0.717) is 12.2 Å². The van der Waals surface area contributed by atoms with Gasteiger partial charge in [-0.25, -0.2) is 4.39 Å². The summed E-state index contributed by atoms with van der Waals surface area (Å²) in [5, 5.41) is 8.68. The van der Waals surface area contributed by atoms with Crippen LogP contribution in [0.5, 0.6) is 0 Å². The normalized spacial score (nSPS) is 10.6. The Morgan fingerprint density at radius 3 is 2.71 bits per heavy atom. The number of anilines is 1. The van der Waals surface area contributed by atoms with Gasteiger partial charge in [-0.3, -0.25) is 0 Å². The number of aliphatic hydroxyl groups is 1. The first-order chi connectivity index (χ1) is 8.20. The van der Waals surface area contributed by atoms with Crippen LogP contribution in [0.25, 0.3) is 0 Å². The van der Waals surface area contributed by atoms with E-state index in [9.17, 15) is 4.39 Å². The van der Waals surface area contributed by atoms with Crippen LogP contribution in [0.3, 0.4) is 0 Å². The molecular weight excluding hydrogens is 219 g/mol. The van der Waals surface area contributed by atoms with Crippen molar-refractivity contribution in [3.8, 4) is 0 Å². The molecule has 0 aliphatic carbocycles. The highest BCUT2D eigenvalue weighted by Crippen LogP contribution is 2.23. The predicted octanol–water partition coefficient (Wildman–Crippen LogP) is 1.88. The minimum absolute atomic E-state index is 0.220. The van der Waals surface area contributed by atoms with Crippen molar-refractivity contribution in [2.75, 3.05) is 25.1 Å². The van der Waals surface area contributed by atoms with Crippen LogP contribution < -0.4 is 10.6 Å². The zero-order valence-corrected chi connectivity index (χ0v) is 10.3. The third-order valence-electron chi connectivity index (χ3n) is 2.82. The number of benzene rings is 1. The number of para-hydroxylation sites is 1. The molecule has 0 unspecified atom stereocenters. The van der Waals surface area contributed by atoms with Crippen molar-refractivity contribution in [2.24, 2.45) is 5.73 Å². The molecule has 0 atom stereocenters. The lowest BCUT2D eigenvalue weighted by Gasteiger charge is -2.22. The second kappa shape index (κ2) is 7.25. The minimum Gasteiger partial charge on any atom is -0.396 e. The molecule has 1 rings (SSSR count). The maximum absolute atomic E-state index is 13.7. The van der Waals surface area contributed by atoms with Crippen molar-refractivity contribution in [2.45, 2.75) is 25.8 Å². The van der Waals surface area contributed by atoms with Crippen molar-refractivity contribution >= 4 is 5.69 Å². The van der Waals surface area contributed by atoms with E-state index in [-0.39, 0.29) is 12.4 Å². The van der Waals surface area contributed by atoms with Gasteiger partial charge in [0.05, 0.1) is 5.69 Å². The molecule has 1 aromatic carbocycles. The van der Waals surface area contributed by atoms with Crippen LogP contribution in [0.2, 0.25) is 0 Å². The van der Waals surface area contributed by atoms with E-state index in [0.717, 1.165) is 31.4 Å². The lowest BCUT2D eigenvalue weighted by molar-refractivity contribution is 0.283. The lowest BCUT2D eigenvalue weighted by Crippen LogP contribution is -2.22. The van der Waals surface area contributed by atoms with Crippen LogP contribution in [0.4, 0.5) is 10.1 Å². The van der Waals surface area contributed by atoms with Gasteiger partial charge in [-0.2, -0.15) is 0 Å². The average Bonchev–Trinajstić information content (AvgIpc) is 2.34. The first-order valence-electron chi connectivity index (χ1n) is 6.00. The summed E-state index contributed by atoms with van der Waals surface area (Å²) in [4.78, 5) is 1.90. The second-order valence-corrected chi connectivity index (χ2v) is 4.16. The van der Waals surface area contributed by atoms with Crippen LogP contribution in [0.15, 0.2) is 18.2 Å². The van der Waals surface area contributed by atoms with E-state index in [1.165, 1.54) is 6.07 Å². The minimum atomic E-state index is -0.224. The topological polar surface area (TPSA) is 49.5 Å². The van der Waals surface area contributed by atoms with Crippen LogP contribution in [-0.4, -0.2) is 25.3 Å². The number of rotatable bonds is 7. The molecule has 0 heterocycles. The SMILES string of the molecule is CN(CCCCCO)c1c(F)cccc1CN. The summed E-state index contributed by atoms with van der Waals surface area (Å²) >= 11 is 0. The van der Waals surface area contributed by atoms with Gasteiger partial charge in [-0.15, -0.1) is 0 Å². The Bertz CT molecular complexity index is 344. The van der Waals surface area contributed by atoms with Crippen molar-refractivity contribution in [3.63, 3.8) is 0 Å². The van der Waals surface area contributed by atoms with Crippen molar-refractivity contribution in [1.29, 1.82) is 0 Å². The molecular formula is C13H21FN2O. The number of nitrogens with zero attached hydrogens (tertiary/aromatic N) is 1. The predicted molar refractivity (Wildman–Crippen MR) is 68.5 cm³/mol. The number of aliphatic hydroxyl groups excluding tert-OH is 1. The fraction of sp³-hybridized carbons (Fsp3) is 0.538. The Labute approximate surface area is 102 Å². The quantitative estimate of drug-likeness (QED) is 0.715. The van der Waals surface area contributed by atoms with E-state index in [2.05, 4.69) is 0 Å². The van der Waals surface area contributed by atoms with Crippen molar-refractivity contribution < 1.29 is 9.50 Å². The summed E-state index contributed by atoms with van der Waals surface area (Å²) in [5.41, 5.74) is 7.03. The molecule has 0 aromatic heterocycles. The third kappa shape index (κ3) is 3.98. The first-order valence-corrected chi connectivity index (χ1v) is 6.00. The maximum Gasteiger partial charge on any atom is 0.146 e. The fourth-order valence-corrected chi connectivity index (χ4v) is 1.90. The van der Waals surface area contributed by atoms with Gasteiger partial charge in [-0.1, -0.05) is 12.1 Å². The Morgan fingerprint density at radius 2 is 2.06 bits per heavy atom. The van der Waals surface area contributed by atoms with E-state index < -0.39 is 0 Å². The van der Waals surface area contributed by atoms with Crippen molar-refractivity contribution in [1.82, 2.24) is 0 Å². The highest BCUT2D eigenvalue weighted by Gasteiger charge is 2.11. The molecule has 0 saturated carbocycles. The van der Waals surface area contributed by atoms with Gasteiger partial charge >= 0.3 is 0 Å². The van der Waals surface area contributed by atoms with Gasteiger partial charge in [-0.05, 0) is 30.9 Å². The zero-order chi connectivity index (χ0) is 12.7. The highest BCUT2D eigenvalue weighted by molar-refractivity contribution is 5.54. The van der Waals surface area contributed by atoms with Gasteiger partial charge < -0.3 is 15.7 Å². The smallest absolute Gasteiger partial charge is 0.146 e. The summed E-state index contributed by atoms with van der Waals surface area (Å²) in [6.45, 7) is 1.33. The molecule has 96 valence electrons. The zero-order valence-electron chi connectivity index (χ0n) is 10.3.